The van der Waals surface area contributed by atoms with Crippen molar-refractivity contribution in [2.45, 2.75) is 20.3 Å². The van der Waals surface area contributed by atoms with E-state index < -0.39 is 6.43 Å². The Morgan fingerprint density at radius 2 is 2.00 bits per heavy atom. The summed E-state index contributed by atoms with van der Waals surface area (Å²) in [6.45, 7) is 3.25. The van der Waals surface area contributed by atoms with Crippen LogP contribution >= 0.6 is 0 Å². The molecule has 0 amide bonds. The molecule has 0 aliphatic heterocycles. The van der Waals surface area contributed by atoms with E-state index in [9.17, 15) is 8.78 Å². The maximum absolute atomic E-state index is 12.2. The van der Waals surface area contributed by atoms with Crippen molar-refractivity contribution in [3.63, 3.8) is 0 Å². The number of aromatic nitrogens is 1. The Bertz CT molecular complexity index is 238. The van der Waals surface area contributed by atoms with Crippen LogP contribution in [0, 0.1) is 13.8 Å². The van der Waals surface area contributed by atoms with E-state index in [0.29, 0.717) is 11.3 Å². The molecule has 0 saturated heterocycles. The van der Waals surface area contributed by atoms with Gasteiger partial charge in [0.05, 0.1) is 0 Å². The molecular weight excluding hydrogens is 148 g/mol. The third kappa shape index (κ3) is 1.53. The van der Waals surface area contributed by atoms with Gasteiger partial charge in [0.25, 0.3) is 6.43 Å². The SMILES string of the molecule is Cc1ccnc(C)c1C(F)F. The van der Waals surface area contributed by atoms with E-state index in [1.165, 1.54) is 6.20 Å². The van der Waals surface area contributed by atoms with Crippen LogP contribution in [-0.4, -0.2) is 4.98 Å². The van der Waals surface area contributed by atoms with Gasteiger partial charge < -0.3 is 0 Å². The molecular formula is C8H9F2N. The van der Waals surface area contributed by atoms with Gasteiger partial charge in [-0.2, -0.15) is 0 Å². The minimum atomic E-state index is -2.41. The van der Waals surface area contributed by atoms with Gasteiger partial charge in [0.1, 0.15) is 0 Å². The fraction of sp³-hybridized carbons (Fsp3) is 0.375. The molecule has 0 spiro atoms. The molecule has 0 fully saturated rings. The first-order valence-electron chi connectivity index (χ1n) is 3.33. The van der Waals surface area contributed by atoms with Gasteiger partial charge in [-0.25, -0.2) is 8.78 Å². The Morgan fingerprint density at radius 3 is 2.36 bits per heavy atom. The van der Waals surface area contributed by atoms with Gasteiger partial charge in [0.15, 0.2) is 0 Å². The molecule has 0 saturated carbocycles. The number of alkyl halides is 2. The molecule has 1 heterocycles. The van der Waals surface area contributed by atoms with E-state index >= 15 is 0 Å². The fourth-order valence-electron chi connectivity index (χ4n) is 1.04. The molecule has 0 bridgehead atoms. The molecule has 3 heteroatoms. The second-order valence-corrected chi connectivity index (χ2v) is 2.43. The third-order valence-electron chi connectivity index (χ3n) is 1.63. The highest BCUT2D eigenvalue weighted by molar-refractivity contribution is 5.28. The third-order valence-corrected chi connectivity index (χ3v) is 1.63. The summed E-state index contributed by atoms with van der Waals surface area (Å²) in [5, 5.41) is 0. The van der Waals surface area contributed by atoms with Crippen LogP contribution in [0.4, 0.5) is 8.78 Å². The van der Waals surface area contributed by atoms with E-state index in [1.54, 1.807) is 19.9 Å². The minimum Gasteiger partial charge on any atom is -0.261 e. The quantitative estimate of drug-likeness (QED) is 0.610. The zero-order valence-corrected chi connectivity index (χ0v) is 6.44. The van der Waals surface area contributed by atoms with Crippen LogP contribution in [0.2, 0.25) is 0 Å². The predicted molar refractivity (Wildman–Crippen MR) is 38.7 cm³/mol. The molecule has 0 aliphatic rings. The van der Waals surface area contributed by atoms with Crippen LogP contribution in [0.1, 0.15) is 23.2 Å². The first-order chi connectivity index (χ1) is 5.13. The highest BCUT2D eigenvalue weighted by Gasteiger charge is 2.13. The second kappa shape index (κ2) is 2.95. The van der Waals surface area contributed by atoms with Crippen molar-refractivity contribution in [3.8, 4) is 0 Å². The highest BCUT2D eigenvalue weighted by atomic mass is 19.3. The zero-order chi connectivity index (χ0) is 8.43. The van der Waals surface area contributed by atoms with Crippen LogP contribution in [-0.2, 0) is 0 Å². The molecule has 0 N–H and O–H groups in total. The number of aryl methyl sites for hydroxylation is 2. The lowest BCUT2D eigenvalue weighted by molar-refractivity contribution is 0.149. The summed E-state index contributed by atoms with van der Waals surface area (Å²) in [5.41, 5.74) is 1.08. The van der Waals surface area contributed by atoms with Crippen molar-refractivity contribution in [2.75, 3.05) is 0 Å². The molecule has 0 atom stereocenters. The Hall–Kier alpha value is -0.990. The zero-order valence-electron chi connectivity index (χ0n) is 6.44. The molecule has 1 aromatic rings. The number of halogens is 2. The van der Waals surface area contributed by atoms with Crippen molar-refractivity contribution >= 4 is 0 Å². The molecule has 0 aromatic carbocycles. The van der Waals surface area contributed by atoms with Gasteiger partial charge in [-0.1, -0.05) is 0 Å². The van der Waals surface area contributed by atoms with Gasteiger partial charge in [0.2, 0.25) is 0 Å². The van der Waals surface area contributed by atoms with Crippen LogP contribution in [0.25, 0.3) is 0 Å². The van der Waals surface area contributed by atoms with Crippen LogP contribution < -0.4 is 0 Å². The van der Waals surface area contributed by atoms with E-state index in [0.717, 1.165) is 0 Å². The van der Waals surface area contributed by atoms with E-state index in [2.05, 4.69) is 4.98 Å². The number of hydrogen-bond donors (Lipinski definition) is 0. The molecule has 0 aliphatic carbocycles. The van der Waals surface area contributed by atoms with E-state index in [4.69, 9.17) is 0 Å². The molecule has 11 heavy (non-hydrogen) atoms. The Labute approximate surface area is 64.1 Å². The van der Waals surface area contributed by atoms with Crippen LogP contribution in [0.5, 0.6) is 0 Å². The first-order valence-corrected chi connectivity index (χ1v) is 3.33. The standard InChI is InChI=1S/C8H9F2N/c1-5-3-4-11-6(2)7(5)8(9)10/h3-4,8H,1-2H3. The molecule has 1 rings (SSSR count). The average molecular weight is 157 g/mol. The lowest BCUT2D eigenvalue weighted by atomic mass is 10.1. The van der Waals surface area contributed by atoms with Gasteiger partial charge in [-0.3, -0.25) is 4.98 Å². The number of pyridine rings is 1. The van der Waals surface area contributed by atoms with E-state index in [1.807, 2.05) is 0 Å². The summed E-state index contributed by atoms with van der Waals surface area (Å²) < 4.78 is 24.5. The van der Waals surface area contributed by atoms with Crippen molar-refractivity contribution in [1.82, 2.24) is 4.98 Å². The lowest BCUT2D eigenvalue weighted by Gasteiger charge is -2.05. The Kier molecular flexibility index (Phi) is 2.17. The Morgan fingerprint density at radius 1 is 1.36 bits per heavy atom. The van der Waals surface area contributed by atoms with Gasteiger partial charge in [-0.15, -0.1) is 0 Å². The normalized spacial score (nSPS) is 10.6. The maximum atomic E-state index is 12.2. The molecule has 1 nitrogen and oxygen atoms in total. The van der Waals surface area contributed by atoms with Crippen LogP contribution in [0.3, 0.4) is 0 Å². The summed E-state index contributed by atoms with van der Waals surface area (Å²) in [4.78, 5) is 3.78. The topological polar surface area (TPSA) is 12.9 Å². The number of nitrogens with zero attached hydrogens (tertiary/aromatic N) is 1. The largest absolute Gasteiger partial charge is 0.265 e. The van der Waals surface area contributed by atoms with Crippen molar-refractivity contribution in [2.24, 2.45) is 0 Å². The average Bonchev–Trinajstić information content (AvgIpc) is 1.85. The second-order valence-electron chi connectivity index (χ2n) is 2.43. The monoisotopic (exact) mass is 157 g/mol. The molecule has 60 valence electrons. The highest BCUT2D eigenvalue weighted by Crippen LogP contribution is 2.23. The predicted octanol–water partition coefficient (Wildman–Crippen LogP) is 2.64. The van der Waals surface area contributed by atoms with Crippen molar-refractivity contribution in [1.29, 1.82) is 0 Å². The summed E-state index contributed by atoms with van der Waals surface area (Å²) in [6, 6.07) is 1.59. The van der Waals surface area contributed by atoms with Gasteiger partial charge >= 0.3 is 0 Å². The van der Waals surface area contributed by atoms with Gasteiger partial charge in [0, 0.05) is 17.5 Å². The summed E-state index contributed by atoms with van der Waals surface area (Å²) in [7, 11) is 0. The smallest absolute Gasteiger partial charge is 0.261 e. The molecule has 0 unspecified atom stereocenters. The van der Waals surface area contributed by atoms with Crippen molar-refractivity contribution in [3.05, 3.63) is 29.1 Å². The molecule has 0 radical (unpaired) electrons. The Balaban J connectivity index is 3.21. The number of hydrogen-bond acceptors (Lipinski definition) is 1. The first kappa shape index (κ1) is 8.11. The summed E-state index contributed by atoms with van der Waals surface area (Å²) in [6.07, 6.45) is -0.875. The van der Waals surface area contributed by atoms with Crippen molar-refractivity contribution < 1.29 is 8.78 Å². The van der Waals surface area contributed by atoms with Crippen LogP contribution in [0.15, 0.2) is 12.3 Å². The maximum Gasteiger partial charge on any atom is 0.265 e. The van der Waals surface area contributed by atoms with Gasteiger partial charge in [-0.05, 0) is 25.5 Å². The molecule has 1 aromatic heterocycles. The summed E-state index contributed by atoms with van der Waals surface area (Å²) in [5.74, 6) is 0. The van der Waals surface area contributed by atoms with E-state index in [-0.39, 0.29) is 5.56 Å². The minimum absolute atomic E-state index is 0.0625. The number of rotatable bonds is 1. The summed E-state index contributed by atoms with van der Waals surface area (Å²) >= 11 is 0. The fourth-order valence-corrected chi connectivity index (χ4v) is 1.04. The lowest BCUT2D eigenvalue weighted by Crippen LogP contribution is -1.95.